The summed E-state index contributed by atoms with van der Waals surface area (Å²) in [7, 11) is 0. The molecule has 4 heteroatoms. The van der Waals surface area contributed by atoms with Crippen molar-refractivity contribution in [1.82, 2.24) is 4.90 Å². The van der Waals surface area contributed by atoms with E-state index in [9.17, 15) is 9.59 Å². The van der Waals surface area contributed by atoms with Crippen molar-refractivity contribution >= 4 is 12.0 Å². The van der Waals surface area contributed by atoms with Gasteiger partial charge in [0.15, 0.2) is 0 Å². The van der Waals surface area contributed by atoms with Gasteiger partial charge < -0.3 is 4.74 Å². The number of amides is 2. The third-order valence-corrected chi connectivity index (χ3v) is 2.39. The first-order valence-corrected chi connectivity index (χ1v) is 6.30. The van der Waals surface area contributed by atoms with Crippen molar-refractivity contribution in [2.45, 2.75) is 46.6 Å². The molecule has 2 amide bonds. The molecule has 0 N–H and O–H groups in total. The van der Waals surface area contributed by atoms with Crippen LogP contribution >= 0.6 is 0 Å². The van der Waals surface area contributed by atoms with Gasteiger partial charge in [0, 0.05) is 13.0 Å². The molecule has 4 nitrogen and oxygen atoms in total. The third kappa shape index (κ3) is 6.79. The Kier molecular flexibility index (Phi) is 6.00. The fourth-order valence-electron chi connectivity index (χ4n) is 1.28. The molecule has 0 unspecified atom stereocenters. The second-order valence-electron chi connectivity index (χ2n) is 6.14. The van der Waals surface area contributed by atoms with Gasteiger partial charge in [0.1, 0.15) is 5.60 Å². The maximum Gasteiger partial charge on any atom is 0.417 e. The quantitative estimate of drug-likeness (QED) is 0.716. The van der Waals surface area contributed by atoms with Gasteiger partial charge in [-0.25, -0.2) is 9.69 Å². The van der Waals surface area contributed by atoms with Crippen LogP contribution in [0, 0.1) is 5.41 Å². The number of carbonyl (C=O) groups excluding carboxylic acids is 2. The molecule has 0 radical (unpaired) electrons. The molecule has 0 saturated heterocycles. The van der Waals surface area contributed by atoms with E-state index in [0.717, 1.165) is 4.90 Å². The highest BCUT2D eigenvalue weighted by Gasteiger charge is 2.29. The number of imide groups is 1. The van der Waals surface area contributed by atoms with Crippen LogP contribution in [0.15, 0.2) is 25.3 Å². The molecule has 0 spiro atoms. The lowest BCUT2D eigenvalue weighted by Gasteiger charge is -2.27. The van der Waals surface area contributed by atoms with Gasteiger partial charge in [-0.15, -0.1) is 13.2 Å². The van der Waals surface area contributed by atoms with Gasteiger partial charge in [-0.2, -0.15) is 0 Å². The molecule has 0 fully saturated rings. The Balaban J connectivity index is 4.91. The lowest BCUT2D eigenvalue weighted by molar-refractivity contribution is -0.131. The lowest BCUT2D eigenvalue weighted by atomic mass is 9.89. The van der Waals surface area contributed by atoms with Gasteiger partial charge in [0.05, 0.1) is 0 Å². The fourth-order valence-corrected chi connectivity index (χ4v) is 1.28. The maximum atomic E-state index is 12.2. The maximum absolute atomic E-state index is 12.2. The molecule has 0 heterocycles. The van der Waals surface area contributed by atoms with E-state index in [1.54, 1.807) is 26.8 Å². The predicted octanol–water partition coefficient (Wildman–Crippen LogP) is 3.54. The summed E-state index contributed by atoms with van der Waals surface area (Å²) in [6, 6.07) is 0. The molecule has 0 atom stereocenters. The summed E-state index contributed by atoms with van der Waals surface area (Å²) in [5, 5.41) is 0. The molecule has 0 rings (SSSR count). The van der Waals surface area contributed by atoms with Crippen LogP contribution in [-0.2, 0) is 9.53 Å². The van der Waals surface area contributed by atoms with Crippen molar-refractivity contribution in [2.24, 2.45) is 5.41 Å². The summed E-state index contributed by atoms with van der Waals surface area (Å²) in [5.41, 5.74) is -0.997. The van der Waals surface area contributed by atoms with Crippen molar-refractivity contribution in [1.29, 1.82) is 0 Å². The molecule has 0 aromatic carbocycles. The van der Waals surface area contributed by atoms with Crippen LogP contribution in [0.1, 0.15) is 41.0 Å². The highest BCUT2D eigenvalue weighted by molar-refractivity contribution is 5.92. The Morgan fingerprint density at radius 2 is 1.68 bits per heavy atom. The van der Waals surface area contributed by atoms with E-state index in [-0.39, 0.29) is 24.3 Å². The Hall–Kier alpha value is -1.58. The molecule has 0 bridgehead atoms. The summed E-state index contributed by atoms with van der Waals surface area (Å²) in [6.07, 6.45) is 2.76. The first kappa shape index (κ1) is 17.4. The SMILES string of the molecule is C=CCN(C(=O)CC(C)(C)C=C)C(=O)OC(C)(C)C. The molecule has 0 aromatic heterocycles. The zero-order chi connectivity index (χ0) is 15.3. The largest absolute Gasteiger partial charge is 0.443 e. The third-order valence-electron chi connectivity index (χ3n) is 2.39. The number of hydrogen-bond acceptors (Lipinski definition) is 3. The summed E-state index contributed by atoms with van der Waals surface area (Å²) < 4.78 is 5.21. The van der Waals surface area contributed by atoms with Crippen LogP contribution in [0.5, 0.6) is 0 Å². The molecule has 0 aliphatic heterocycles. The van der Waals surface area contributed by atoms with Gasteiger partial charge in [0.2, 0.25) is 5.91 Å². The monoisotopic (exact) mass is 267 g/mol. The minimum atomic E-state index is -0.641. The predicted molar refractivity (Wildman–Crippen MR) is 76.7 cm³/mol. The van der Waals surface area contributed by atoms with Crippen LogP contribution in [0.4, 0.5) is 4.79 Å². The number of nitrogens with zero attached hydrogens (tertiary/aromatic N) is 1. The Morgan fingerprint density at radius 3 is 2.05 bits per heavy atom. The van der Waals surface area contributed by atoms with Gasteiger partial charge >= 0.3 is 6.09 Å². The van der Waals surface area contributed by atoms with E-state index in [0.29, 0.717) is 0 Å². The van der Waals surface area contributed by atoms with E-state index in [1.807, 2.05) is 13.8 Å². The van der Waals surface area contributed by atoms with Gasteiger partial charge in [0.25, 0.3) is 0 Å². The highest BCUT2D eigenvalue weighted by Crippen LogP contribution is 2.23. The molecule has 0 saturated carbocycles. The molecular formula is C15H25NO3. The number of allylic oxidation sites excluding steroid dienone is 1. The van der Waals surface area contributed by atoms with E-state index in [1.165, 1.54) is 6.08 Å². The molecule has 0 aliphatic carbocycles. The second kappa shape index (κ2) is 6.55. The van der Waals surface area contributed by atoms with Crippen molar-refractivity contribution in [3.8, 4) is 0 Å². The van der Waals surface area contributed by atoms with Crippen LogP contribution < -0.4 is 0 Å². The first-order valence-electron chi connectivity index (χ1n) is 6.30. The molecule has 19 heavy (non-hydrogen) atoms. The zero-order valence-corrected chi connectivity index (χ0v) is 12.7. The van der Waals surface area contributed by atoms with Crippen LogP contribution in [0.25, 0.3) is 0 Å². The van der Waals surface area contributed by atoms with Crippen LogP contribution in [0.2, 0.25) is 0 Å². The number of hydrogen-bond donors (Lipinski definition) is 0. The Labute approximate surface area is 116 Å². The minimum absolute atomic E-state index is 0.140. The van der Waals surface area contributed by atoms with Crippen LogP contribution in [0.3, 0.4) is 0 Å². The smallest absolute Gasteiger partial charge is 0.417 e. The Bertz CT molecular complexity index is 364. The van der Waals surface area contributed by atoms with Crippen molar-refractivity contribution < 1.29 is 14.3 Å². The lowest BCUT2D eigenvalue weighted by Crippen LogP contribution is -2.42. The normalized spacial score (nSPS) is 11.6. The first-order chi connectivity index (χ1) is 8.52. The van der Waals surface area contributed by atoms with E-state index in [2.05, 4.69) is 13.2 Å². The fraction of sp³-hybridized carbons (Fsp3) is 0.600. The highest BCUT2D eigenvalue weighted by atomic mass is 16.6. The van der Waals surface area contributed by atoms with E-state index >= 15 is 0 Å². The number of carbonyl (C=O) groups is 2. The van der Waals surface area contributed by atoms with Crippen molar-refractivity contribution in [3.05, 3.63) is 25.3 Å². The van der Waals surface area contributed by atoms with Gasteiger partial charge in [-0.1, -0.05) is 26.0 Å². The van der Waals surface area contributed by atoms with Crippen molar-refractivity contribution in [3.63, 3.8) is 0 Å². The van der Waals surface area contributed by atoms with Crippen molar-refractivity contribution in [2.75, 3.05) is 6.54 Å². The van der Waals surface area contributed by atoms with Gasteiger partial charge in [-0.3, -0.25) is 4.79 Å². The summed E-state index contributed by atoms with van der Waals surface area (Å²) >= 11 is 0. The summed E-state index contributed by atoms with van der Waals surface area (Å²) in [6.45, 7) is 16.4. The Morgan fingerprint density at radius 1 is 1.16 bits per heavy atom. The molecular weight excluding hydrogens is 242 g/mol. The molecule has 108 valence electrons. The average molecular weight is 267 g/mol. The molecule has 0 aromatic rings. The topological polar surface area (TPSA) is 46.6 Å². The standard InChI is InChI=1S/C15H25NO3/c1-8-10-16(13(18)19-14(3,4)5)12(17)11-15(6,7)9-2/h8-9H,1-2,10-11H2,3-7H3. The number of ether oxygens (including phenoxy) is 1. The summed E-state index contributed by atoms with van der Waals surface area (Å²) in [4.78, 5) is 25.2. The van der Waals surface area contributed by atoms with Crippen LogP contribution in [-0.4, -0.2) is 29.0 Å². The second-order valence-corrected chi connectivity index (χ2v) is 6.14. The minimum Gasteiger partial charge on any atom is -0.443 e. The van der Waals surface area contributed by atoms with Gasteiger partial charge in [-0.05, 0) is 26.2 Å². The molecule has 0 aliphatic rings. The zero-order valence-electron chi connectivity index (χ0n) is 12.7. The average Bonchev–Trinajstić information content (AvgIpc) is 2.22. The van der Waals surface area contributed by atoms with E-state index in [4.69, 9.17) is 4.74 Å². The summed E-state index contributed by atoms with van der Waals surface area (Å²) in [5.74, 6) is -0.293. The van der Waals surface area contributed by atoms with E-state index < -0.39 is 11.7 Å². The number of rotatable bonds is 5.